The first-order valence-corrected chi connectivity index (χ1v) is 5.95. The predicted molar refractivity (Wildman–Crippen MR) is 69.2 cm³/mol. The maximum absolute atomic E-state index is 10.00. The van der Waals surface area contributed by atoms with Crippen LogP contribution in [0.4, 0.5) is 0 Å². The molecule has 3 nitrogen and oxygen atoms in total. The smallest absolute Gasteiger partial charge is 0.0992 e. The van der Waals surface area contributed by atoms with Crippen molar-refractivity contribution in [2.45, 2.75) is 31.9 Å². The van der Waals surface area contributed by atoms with Crippen LogP contribution in [0.2, 0.25) is 5.02 Å². The number of rotatable bonds is 5. The van der Waals surface area contributed by atoms with Gasteiger partial charge in [0.1, 0.15) is 0 Å². The largest absolute Gasteiger partial charge is 0.660 e. The van der Waals surface area contributed by atoms with Gasteiger partial charge in [0.15, 0.2) is 0 Å². The van der Waals surface area contributed by atoms with Crippen LogP contribution in [0, 0.1) is 11.3 Å². The summed E-state index contributed by atoms with van der Waals surface area (Å²) in [6.45, 7) is 1.99. The summed E-state index contributed by atoms with van der Waals surface area (Å²) in [6, 6.07) is 7.07. The van der Waals surface area contributed by atoms with Gasteiger partial charge in [-0.1, -0.05) is 31.0 Å². The van der Waals surface area contributed by atoms with E-state index in [0.717, 1.165) is 12.0 Å². The Morgan fingerprint density at radius 1 is 1.50 bits per heavy atom. The molecular weight excluding hydrogens is 417 g/mol. The minimum absolute atomic E-state index is 0. The summed E-state index contributed by atoms with van der Waals surface area (Å²) in [5.74, 6) is 0. The average Bonchev–Trinajstić information content (AvgIpc) is 2.33. The monoisotopic (exact) mass is 432 g/mol. The maximum atomic E-state index is 10.00. The molecule has 0 aliphatic carbocycles. The Morgan fingerprint density at radius 3 is 2.61 bits per heavy atom. The van der Waals surface area contributed by atoms with Gasteiger partial charge in [0.25, 0.3) is 0 Å². The minimum Gasteiger partial charge on any atom is -0.660 e. The SMILES string of the molecule is CCC([N-]C)C(O)Cc1ccc(C#N)cc1Cl.[Ta]. The number of nitrogens with zero attached hydrogens (tertiary/aromatic N) is 2. The molecule has 0 fully saturated rings. The molecule has 1 rings (SSSR count). The van der Waals surface area contributed by atoms with E-state index in [1.807, 2.05) is 13.0 Å². The summed E-state index contributed by atoms with van der Waals surface area (Å²) in [5, 5.41) is 23.4. The van der Waals surface area contributed by atoms with Crippen LogP contribution < -0.4 is 0 Å². The zero-order valence-corrected chi connectivity index (χ0v) is 14.4. The van der Waals surface area contributed by atoms with Gasteiger partial charge in [-0.05, 0) is 24.1 Å². The van der Waals surface area contributed by atoms with Crippen molar-refractivity contribution in [3.8, 4) is 6.07 Å². The van der Waals surface area contributed by atoms with Crippen LogP contribution in [0.25, 0.3) is 5.32 Å². The molecule has 2 atom stereocenters. The van der Waals surface area contributed by atoms with Gasteiger partial charge >= 0.3 is 0 Å². The number of benzene rings is 1. The third-order valence-corrected chi connectivity index (χ3v) is 3.16. The van der Waals surface area contributed by atoms with Crippen LogP contribution in [0.5, 0.6) is 0 Å². The second-order valence-corrected chi connectivity index (χ2v) is 4.33. The first-order valence-electron chi connectivity index (χ1n) is 5.57. The normalized spacial score (nSPS) is 13.3. The molecule has 0 aliphatic heterocycles. The fraction of sp³-hybridized carbons (Fsp3) is 0.462. The first kappa shape index (κ1) is 17.7. The third-order valence-electron chi connectivity index (χ3n) is 2.81. The molecule has 0 spiro atoms. The van der Waals surface area contributed by atoms with Gasteiger partial charge in [0, 0.05) is 33.5 Å². The summed E-state index contributed by atoms with van der Waals surface area (Å²) in [6.07, 6.45) is 0.724. The number of aliphatic hydroxyl groups excluding tert-OH is 1. The molecule has 2 unspecified atom stereocenters. The second-order valence-electron chi connectivity index (χ2n) is 3.92. The Hall–Kier alpha value is -0.340. The Balaban J connectivity index is 0.00000289. The van der Waals surface area contributed by atoms with Gasteiger partial charge in [-0.2, -0.15) is 12.3 Å². The molecule has 0 saturated carbocycles. The average molecular weight is 433 g/mol. The van der Waals surface area contributed by atoms with Gasteiger partial charge in [-0.25, -0.2) is 0 Å². The predicted octanol–water partition coefficient (Wildman–Crippen LogP) is 2.89. The van der Waals surface area contributed by atoms with E-state index in [1.54, 1.807) is 25.2 Å². The second kappa shape index (κ2) is 8.71. The molecule has 1 N–H and O–H groups in total. The van der Waals surface area contributed by atoms with Crippen molar-refractivity contribution in [2.24, 2.45) is 0 Å². The molecule has 5 heteroatoms. The fourth-order valence-corrected chi connectivity index (χ4v) is 2.03. The van der Waals surface area contributed by atoms with Gasteiger partial charge in [-0.15, -0.1) is 6.04 Å². The number of likely N-dealkylation sites (N-methyl/N-ethyl adjacent to an activating group) is 1. The summed E-state index contributed by atoms with van der Waals surface area (Å²) in [7, 11) is 1.71. The number of hydrogen-bond acceptors (Lipinski definition) is 2. The molecule has 0 heterocycles. The Labute approximate surface area is 129 Å². The maximum Gasteiger partial charge on any atom is 0.0992 e. The third kappa shape index (κ3) is 4.74. The minimum atomic E-state index is -0.532. The molecule has 0 aliphatic rings. The molecule has 0 aromatic heterocycles. The number of halogens is 1. The van der Waals surface area contributed by atoms with E-state index in [9.17, 15) is 5.11 Å². The summed E-state index contributed by atoms with van der Waals surface area (Å²) >= 11 is 6.05. The zero-order chi connectivity index (χ0) is 12.8. The Kier molecular flexibility index (Phi) is 8.54. The first-order chi connectivity index (χ1) is 8.12. The topological polar surface area (TPSA) is 58.1 Å². The number of hydrogen-bond donors (Lipinski definition) is 1. The van der Waals surface area contributed by atoms with E-state index in [1.165, 1.54) is 0 Å². The summed E-state index contributed by atoms with van der Waals surface area (Å²) < 4.78 is 0. The van der Waals surface area contributed by atoms with Crippen LogP contribution >= 0.6 is 11.6 Å². The van der Waals surface area contributed by atoms with Crippen LogP contribution in [-0.4, -0.2) is 24.3 Å². The molecule has 0 saturated heterocycles. The van der Waals surface area contributed by atoms with Crippen LogP contribution in [0.3, 0.4) is 0 Å². The quantitative estimate of drug-likeness (QED) is 0.778. The Bertz CT molecular complexity index is 416. The molecule has 1 aromatic carbocycles. The number of aliphatic hydroxyl groups is 1. The fourth-order valence-electron chi connectivity index (χ4n) is 1.77. The van der Waals surface area contributed by atoms with Crippen molar-refractivity contribution in [2.75, 3.05) is 7.05 Å². The van der Waals surface area contributed by atoms with Gasteiger partial charge in [0.2, 0.25) is 0 Å². The van der Waals surface area contributed by atoms with Crippen molar-refractivity contribution >= 4 is 11.6 Å². The molecule has 97 valence electrons. The van der Waals surface area contributed by atoms with Crippen LogP contribution in [0.15, 0.2) is 18.2 Å². The van der Waals surface area contributed by atoms with E-state index < -0.39 is 6.10 Å². The Morgan fingerprint density at radius 2 is 2.17 bits per heavy atom. The molecule has 1 radical (unpaired) electrons. The van der Waals surface area contributed by atoms with Gasteiger partial charge in [-0.3, -0.25) is 0 Å². The van der Waals surface area contributed by atoms with Crippen molar-refractivity contribution in [3.63, 3.8) is 0 Å². The number of nitriles is 1. The van der Waals surface area contributed by atoms with E-state index in [4.69, 9.17) is 16.9 Å². The van der Waals surface area contributed by atoms with Gasteiger partial charge < -0.3 is 10.4 Å². The molecule has 0 bridgehead atoms. The van der Waals surface area contributed by atoms with Gasteiger partial charge in [0.05, 0.1) is 11.6 Å². The summed E-state index contributed by atoms with van der Waals surface area (Å²) in [5.41, 5.74) is 1.38. The molecule has 1 aromatic rings. The van der Waals surface area contributed by atoms with E-state index >= 15 is 0 Å². The summed E-state index contributed by atoms with van der Waals surface area (Å²) in [4.78, 5) is 0. The van der Waals surface area contributed by atoms with Crippen LogP contribution in [-0.2, 0) is 28.8 Å². The van der Waals surface area contributed by atoms with E-state index in [2.05, 4.69) is 5.32 Å². The van der Waals surface area contributed by atoms with E-state index in [-0.39, 0.29) is 28.4 Å². The molecule has 18 heavy (non-hydrogen) atoms. The zero-order valence-electron chi connectivity index (χ0n) is 10.5. The van der Waals surface area contributed by atoms with E-state index in [0.29, 0.717) is 17.0 Å². The van der Waals surface area contributed by atoms with Crippen molar-refractivity contribution < 1.29 is 27.5 Å². The van der Waals surface area contributed by atoms with Crippen molar-refractivity contribution in [1.82, 2.24) is 0 Å². The van der Waals surface area contributed by atoms with Crippen molar-refractivity contribution in [3.05, 3.63) is 39.7 Å². The van der Waals surface area contributed by atoms with Crippen molar-refractivity contribution in [1.29, 1.82) is 5.26 Å². The standard InChI is InChI=1S/C13H16ClN2O.Ta/c1-3-12(16-2)13(17)7-10-5-4-9(8-15)6-11(10)14;/h4-6,12-13,17H,3,7H2,1-2H3;/q-1;. The van der Waals surface area contributed by atoms with Crippen LogP contribution in [0.1, 0.15) is 24.5 Å². The molecular formula is C13H16ClN2OTa-. The molecule has 0 amide bonds.